The van der Waals surface area contributed by atoms with Crippen molar-refractivity contribution < 1.29 is 9.18 Å². The van der Waals surface area contributed by atoms with E-state index >= 15 is 0 Å². The Kier molecular flexibility index (Phi) is 3.96. The summed E-state index contributed by atoms with van der Waals surface area (Å²) >= 11 is 0. The average molecular weight is 360 g/mol. The maximum Gasteiger partial charge on any atom is 0.264 e. The number of aromatic nitrogens is 1. The lowest BCUT2D eigenvalue weighted by Crippen LogP contribution is -2.45. The first-order chi connectivity index (χ1) is 13.0. The number of carbonyl (C=O) groups excluding carboxylic acids is 1. The molecule has 0 bridgehead atoms. The predicted octanol–water partition coefficient (Wildman–Crippen LogP) is 3.13. The second kappa shape index (κ2) is 6.32. The molecule has 1 aliphatic rings. The van der Waals surface area contributed by atoms with E-state index in [1.807, 2.05) is 12.1 Å². The van der Waals surface area contributed by atoms with E-state index in [2.05, 4.69) is 10.3 Å². The lowest BCUT2D eigenvalue weighted by atomic mass is 9.81. The fourth-order valence-corrected chi connectivity index (χ4v) is 3.42. The molecule has 0 spiro atoms. The number of benzene rings is 2. The number of likely N-dealkylation sites (N-methyl/N-ethyl adjacent to an activating group) is 1. The van der Waals surface area contributed by atoms with Crippen molar-refractivity contribution >= 4 is 11.9 Å². The molecule has 2 heterocycles. The van der Waals surface area contributed by atoms with E-state index in [0.29, 0.717) is 5.56 Å². The van der Waals surface area contributed by atoms with Crippen molar-refractivity contribution in [1.29, 1.82) is 5.41 Å². The summed E-state index contributed by atoms with van der Waals surface area (Å²) in [7, 11) is 1.51. The van der Waals surface area contributed by atoms with Crippen LogP contribution in [0.15, 0.2) is 73.1 Å². The molecule has 1 unspecified atom stereocenters. The molecule has 1 saturated heterocycles. The van der Waals surface area contributed by atoms with Gasteiger partial charge >= 0.3 is 0 Å². The van der Waals surface area contributed by atoms with Crippen LogP contribution in [0.2, 0.25) is 0 Å². The van der Waals surface area contributed by atoms with E-state index in [-0.39, 0.29) is 11.5 Å². The van der Waals surface area contributed by atoms with Crippen LogP contribution in [0.1, 0.15) is 11.1 Å². The predicted molar refractivity (Wildman–Crippen MR) is 100 cm³/mol. The molecule has 6 heteroatoms. The third-order valence-corrected chi connectivity index (χ3v) is 4.84. The molecule has 0 radical (unpaired) electrons. The van der Waals surface area contributed by atoms with Gasteiger partial charge in [0, 0.05) is 30.6 Å². The number of amides is 1. The highest BCUT2D eigenvalue weighted by Crippen LogP contribution is 2.38. The Balaban J connectivity index is 1.97. The van der Waals surface area contributed by atoms with Crippen LogP contribution < -0.4 is 5.32 Å². The van der Waals surface area contributed by atoms with Gasteiger partial charge in [-0.1, -0.05) is 42.5 Å². The van der Waals surface area contributed by atoms with Crippen LogP contribution in [0.4, 0.5) is 4.39 Å². The fraction of sp³-hybridized carbons (Fsp3) is 0.0952. The Hall–Kier alpha value is -3.54. The number of hydrogen-bond acceptors (Lipinski definition) is 3. The molecular weight excluding hydrogens is 343 g/mol. The Morgan fingerprint density at radius 2 is 1.85 bits per heavy atom. The van der Waals surface area contributed by atoms with Crippen molar-refractivity contribution in [3.63, 3.8) is 0 Å². The van der Waals surface area contributed by atoms with Gasteiger partial charge in [0.05, 0.1) is 0 Å². The topological polar surface area (TPSA) is 69.1 Å². The molecule has 0 saturated carbocycles. The SMILES string of the molecule is CN1C(=N)NC(c2ccccc2)(c2cc(-c3cccnc3)ccc2F)C1=O. The quantitative estimate of drug-likeness (QED) is 0.754. The molecule has 1 fully saturated rings. The smallest absolute Gasteiger partial charge is 0.264 e. The van der Waals surface area contributed by atoms with Crippen molar-refractivity contribution in [3.05, 3.63) is 90.0 Å². The lowest BCUT2D eigenvalue weighted by molar-refractivity contribution is -0.129. The highest BCUT2D eigenvalue weighted by atomic mass is 19.1. The lowest BCUT2D eigenvalue weighted by Gasteiger charge is -2.29. The minimum absolute atomic E-state index is 0.0740. The zero-order valence-corrected chi connectivity index (χ0v) is 14.6. The Labute approximate surface area is 156 Å². The molecule has 3 aromatic rings. The zero-order chi connectivity index (χ0) is 19.0. The van der Waals surface area contributed by atoms with E-state index in [9.17, 15) is 9.18 Å². The molecule has 2 N–H and O–H groups in total. The van der Waals surface area contributed by atoms with Crippen LogP contribution in [0.3, 0.4) is 0 Å². The monoisotopic (exact) mass is 360 g/mol. The van der Waals surface area contributed by atoms with Crippen LogP contribution in [0.5, 0.6) is 0 Å². The van der Waals surface area contributed by atoms with Gasteiger partial charge in [-0.3, -0.25) is 20.1 Å². The molecule has 27 heavy (non-hydrogen) atoms. The molecule has 1 atom stereocenters. The number of guanidine groups is 1. The molecule has 1 amide bonds. The molecule has 1 aliphatic heterocycles. The number of carbonyl (C=O) groups is 1. The van der Waals surface area contributed by atoms with E-state index in [4.69, 9.17) is 5.41 Å². The third-order valence-electron chi connectivity index (χ3n) is 4.84. The largest absolute Gasteiger partial charge is 0.334 e. The van der Waals surface area contributed by atoms with Crippen molar-refractivity contribution in [2.75, 3.05) is 7.05 Å². The summed E-state index contributed by atoms with van der Waals surface area (Å²) in [5.74, 6) is -0.994. The van der Waals surface area contributed by atoms with Gasteiger partial charge in [0.1, 0.15) is 5.82 Å². The number of nitrogens with zero attached hydrogens (tertiary/aromatic N) is 2. The molecular formula is C21H17FN4O. The van der Waals surface area contributed by atoms with E-state index < -0.39 is 17.3 Å². The van der Waals surface area contributed by atoms with Gasteiger partial charge in [-0.25, -0.2) is 4.39 Å². The van der Waals surface area contributed by atoms with Gasteiger partial charge in [-0.2, -0.15) is 0 Å². The Bertz CT molecular complexity index is 1020. The highest BCUT2D eigenvalue weighted by Gasteiger charge is 2.52. The molecule has 134 valence electrons. The van der Waals surface area contributed by atoms with E-state index in [1.165, 1.54) is 18.0 Å². The molecule has 5 nitrogen and oxygen atoms in total. The molecule has 2 aromatic carbocycles. The van der Waals surface area contributed by atoms with Crippen LogP contribution in [-0.2, 0) is 10.3 Å². The van der Waals surface area contributed by atoms with Crippen LogP contribution in [0.25, 0.3) is 11.1 Å². The van der Waals surface area contributed by atoms with Crippen molar-refractivity contribution in [2.24, 2.45) is 0 Å². The first-order valence-electron chi connectivity index (χ1n) is 8.45. The minimum Gasteiger partial charge on any atom is -0.334 e. The van der Waals surface area contributed by atoms with Crippen LogP contribution in [0, 0.1) is 11.2 Å². The van der Waals surface area contributed by atoms with Crippen molar-refractivity contribution in [1.82, 2.24) is 15.2 Å². The normalized spacial score (nSPS) is 19.3. The number of halogens is 1. The standard InChI is InChI=1S/C21H17FN4O/c1-26-19(27)21(25-20(26)23,16-7-3-2-4-8-16)17-12-14(9-10-18(17)22)15-6-5-11-24-13-15/h2-13H,1H3,(H2,23,25). The van der Waals surface area contributed by atoms with Gasteiger partial charge in [0.15, 0.2) is 11.5 Å². The Morgan fingerprint density at radius 1 is 1.07 bits per heavy atom. The van der Waals surface area contributed by atoms with Gasteiger partial charge in [-0.15, -0.1) is 0 Å². The van der Waals surface area contributed by atoms with Gasteiger partial charge < -0.3 is 5.32 Å². The molecule has 0 aliphatic carbocycles. The van der Waals surface area contributed by atoms with E-state index in [0.717, 1.165) is 11.1 Å². The summed E-state index contributed by atoms with van der Waals surface area (Å²) in [6, 6.07) is 17.2. The first kappa shape index (κ1) is 16.9. The van der Waals surface area contributed by atoms with E-state index in [1.54, 1.807) is 54.9 Å². The van der Waals surface area contributed by atoms with Crippen LogP contribution in [-0.4, -0.2) is 28.8 Å². The van der Waals surface area contributed by atoms with Gasteiger partial charge in [-0.05, 0) is 29.3 Å². The molecule has 1 aromatic heterocycles. The summed E-state index contributed by atoms with van der Waals surface area (Å²) in [6.45, 7) is 0. The second-order valence-corrected chi connectivity index (χ2v) is 6.39. The summed E-state index contributed by atoms with van der Waals surface area (Å²) in [5.41, 5.74) is 0.817. The van der Waals surface area contributed by atoms with Crippen LogP contribution >= 0.6 is 0 Å². The maximum absolute atomic E-state index is 15.0. The van der Waals surface area contributed by atoms with Gasteiger partial charge in [0.25, 0.3) is 5.91 Å². The summed E-state index contributed by atoms with van der Waals surface area (Å²) < 4.78 is 15.0. The third kappa shape index (κ3) is 2.57. The Morgan fingerprint density at radius 3 is 2.48 bits per heavy atom. The number of hydrogen-bond donors (Lipinski definition) is 2. The molecule has 4 rings (SSSR count). The summed E-state index contributed by atoms with van der Waals surface area (Å²) in [4.78, 5) is 18.5. The van der Waals surface area contributed by atoms with Crippen molar-refractivity contribution in [3.8, 4) is 11.1 Å². The van der Waals surface area contributed by atoms with Gasteiger partial charge in [0.2, 0.25) is 0 Å². The zero-order valence-electron chi connectivity index (χ0n) is 14.6. The number of pyridine rings is 1. The number of rotatable bonds is 3. The summed E-state index contributed by atoms with van der Waals surface area (Å²) in [6.07, 6.45) is 3.35. The average Bonchev–Trinajstić information content (AvgIpc) is 2.94. The minimum atomic E-state index is -1.49. The highest BCUT2D eigenvalue weighted by molar-refractivity contribution is 6.10. The fourth-order valence-electron chi connectivity index (χ4n) is 3.42. The first-order valence-corrected chi connectivity index (χ1v) is 8.45. The summed E-state index contributed by atoms with van der Waals surface area (Å²) in [5, 5.41) is 11.0. The van der Waals surface area contributed by atoms with Crippen molar-refractivity contribution in [2.45, 2.75) is 5.54 Å². The number of nitrogens with one attached hydrogen (secondary N) is 2. The maximum atomic E-state index is 15.0. The second-order valence-electron chi connectivity index (χ2n) is 6.39.